The second-order valence-corrected chi connectivity index (χ2v) is 9.30. The molecule has 0 saturated heterocycles. The first-order valence-electron chi connectivity index (χ1n) is 7.32. The van der Waals surface area contributed by atoms with Gasteiger partial charge in [-0.15, -0.1) is 0 Å². The lowest BCUT2D eigenvalue weighted by molar-refractivity contribution is -0.125. The van der Waals surface area contributed by atoms with E-state index in [1.807, 2.05) is 45.0 Å². The predicted molar refractivity (Wildman–Crippen MR) is 95.9 cm³/mol. The van der Waals surface area contributed by atoms with Crippen LogP contribution in [0.2, 0.25) is 0 Å². The first-order chi connectivity index (χ1) is 10.3. The topological polar surface area (TPSA) is 50.7 Å². The molecule has 2 rings (SSSR count). The number of amides is 1. The van der Waals surface area contributed by atoms with Crippen molar-refractivity contribution in [1.29, 1.82) is 0 Å². The molecule has 1 atom stereocenters. The molecular weight excluding hydrogens is 412 g/mol. The monoisotopic (exact) mass is 430 g/mol. The number of carbonyl (C=O) groups excluding carboxylic acids is 1. The average molecular weight is 432 g/mol. The summed E-state index contributed by atoms with van der Waals surface area (Å²) in [4.78, 5) is 12.2. The minimum absolute atomic E-state index is 0.0851. The highest BCUT2D eigenvalue weighted by Crippen LogP contribution is 2.66. The van der Waals surface area contributed by atoms with Gasteiger partial charge in [-0.2, -0.15) is 5.10 Å². The van der Waals surface area contributed by atoms with Gasteiger partial charge in [-0.3, -0.25) is 4.79 Å². The number of alkyl halides is 2. The Morgan fingerprint density at radius 2 is 1.91 bits per heavy atom. The van der Waals surface area contributed by atoms with Crippen molar-refractivity contribution < 1.29 is 9.53 Å². The van der Waals surface area contributed by atoms with Crippen LogP contribution in [0.1, 0.15) is 39.2 Å². The Bertz CT molecular complexity index is 584. The van der Waals surface area contributed by atoms with Crippen LogP contribution in [0.3, 0.4) is 0 Å². The third kappa shape index (κ3) is 3.54. The normalized spacial score (nSPS) is 23.0. The molecule has 22 heavy (non-hydrogen) atoms. The standard InChI is InChI=1S/C16H20Br2N2O2/c1-4-13(11-6-8-12(9-7-11)22-5-2)19-20-14(21)15(3)10-16(15,17)18/h6-9H,4-5,10H2,1-3H3,(H,20,21)/t15-/m0/s1. The molecule has 6 heteroatoms. The molecule has 1 N–H and O–H groups in total. The van der Waals surface area contributed by atoms with Crippen molar-refractivity contribution in [3.63, 3.8) is 0 Å². The number of hydrogen-bond acceptors (Lipinski definition) is 3. The van der Waals surface area contributed by atoms with Crippen molar-refractivity contribution in [2.45, 2.75) is 36.8 Å². The number of ether oxygens (including phenoxy) is 1. The summed E-state index contributed by atoms with van der Waals surface area (Å²) in [5.41, 5.74) is 4.05. The van der Waals surface area contributed by atoms with Crippen molar-refractivity contribution in [2.24, 2.45) is 10.5 Å². The van der Waals surface area contributed by atoms with Crippen LogP contribution in [0.15, 0.2) is 29.4 Å². The number of hydrazone groups is 1. The van der Waals surface area contributed by atoms with Gasteiger partial charge in [0.15, 0.2) is 0 Å². The van der Waals surface area contributed by atoms with Crippen LogP contribution in [0.4, 0.5) is 0 Å². The molecular formula is C16H20Br2N2O2. The highest BCUT2D eigenvalue weighted by Gasteiger charge is 2.66. The summed E-state index contributed by atoms with van der Waals surface area (Å²) in [5.74, 6) is 0.748. The van der Waals surface area contributed by atoms with Gasteiger partial charge in [-0.25, -0.2) is 5.43 Å². The van der Waals surface area contributed by atoms with E-state index < -0.39 is 5.41 Å². The zero-order chi connectivity index (χ0) is 16.4. The van der Waals surface area contributed by atoms with Crippen LogP contribution in [0.25, 0.3) is 0 Å². The smallest absolute Gasteiger partial charge is 0.248 e. The molecule has 0 bridgehead atoms. The maximum atomic E-state index is 12.2. The van der Waals surface area contributed by atoms with Gasteiger partial charge in [0.05, 0.1) is 21.0 Å². The SMILES string of the molecule is CCOc1ccc(C(CC)=NNC(=O)[C@]2(C)CC2(Br)Br)cc1. The van der Waals surface area contributed by atoms with Gasteiger partial charge in [0.1, 0.15) is 5.75 Å². The summed E-state index contributed by atoms with van der Waals surface area (Å²) in [7, 11) is 0. The van der Waals surface area contributed by atoms with Crippen LogP contribution in [0.5, 0.6) is 5.75 Å². The Labute approximate surface area is 148 Å². The largest absolute Gasteiger partial charge is 0.494 e. The fraction of sp³-hybridized carbons (Fsp3) is 0.500. The van der Waals surface area contributed by atoms with Gasteiger partial charge < -0.3 is 4.74 Å². The molecule has 0 radical (unpaired) electrons. The zero-order valence-corrected chi connectivity index (χ0v) is 16.1. The van der Waals surface area contributed by atoms with E-state index in [0.29, 0.717) is 6.61 Å². The highest BCUT2D eigenvalue weighted by molar-refractivity contribution is 9.25. The summed E-state index contributed by atoms with van der Waals surface area (Å²) < 4.78 is 5.12. The number of carbonyl (C=O) groups is 1. The summed E-state index contributed by atoms with van der Waals surface area (Å²) in [6.07, 6.45) is 1.48. The summed E-state index contributed by atoms with van der Waals surface area (Å²) in [6, 6.07) is 7.74. The Morgan fingerprint density at radius 3 is 2.36 bits per heavy atom. The van der Waals surface area contributed by atoms with Crippen LogP contribution in [0, 0.1) is 5.41 Å². The fourth-order valence-electron chi connectivity index (χ4n) is 2.15. The van der Waals surface area contributed by atoms with Gasteiger partial charge in [0, 0.05) is 0 Å². The molecule has 1 aromatic carbocycles. The van der Waals surface area contributed by atoms with E-state index in [9.17, 15) is 4.79 Å². The van der Waals surface area contributed by atoms with Gasteiger partial charge in [0.25, 0.3) is 0 Å². The third-order valence-corrected chi connectivity index (χ3v) is 6.20. The molecule has 1 amide bonds. The van der Waals surface area contributed by atoms with E-state index in [1.165, 1.54) is 0 Å². The second kappa shape index (κ2) is 6.71. The number of nitrogens with zero attached hydrogens (tertiary/aromatic N) is 1. The summed E-state index contributed by atoms with van der Waals surface area (Å²) in [6.45, 7) is 6.52. The molecule has 0 aromatic heterocycles. The van der Waals surface area contributed by atoms with E-state index in [1.54, 1.807) is 0 Å². The van der Waals surface area contributed by atoms with Crippen LogP contribution in [-0.2, 0) is 4.79 Å². The Morgan fingerprint density at radius 1 is 1.32 bits per heavy atom. The molecule has 120 valence electrons. The quantitative estimate of drug-likeness (QED) is 0.416. The maximum absolute atomic E-state index is 12.2. The van der Waals surface area contributed by atoms with Gasteiger partial charge >= 0.3 is 0 Å². The maximum Gasteiger partial charge on any atom is 0.248 e. The molecule has 1 fully saturated rings. The fourth-order valence-corrected chi connectivity index (χ4v) is 3.63. The molecule has 0 aliphatic heterocycles. The average Bonchev–Trinajstić information content (AvgIpc) is 3.01. The van der Waals surface area contributed by atoms with Gasteiger partial charge in [-0.1, -0.05) is 38.8 Å². The predicted octanol–water partition coefficient (Wildman–Crippen LogP) is 4.21. The first-order valence-corrected chi connectivity index (χ1v) is 8.90. The van der Waals surface area contributed by atoms with Crippen LogP contribution >= 0.6 is 31.9 Å². The number of benzene rings is 1. The van der Waals surface area contributed by atoms with E-state index >= 15 is 0 Å². The molecule has 4 nitrogen and oxygen atoms in total. The van der Waals surface area contributed by atoms with Gasteiger partial charge in [-0.05, 0) is 56.5 Å². The van der Waals surface area contributed by atoms with Crippen LogP contribution < -0.4 is 10.2 Å². The second-order valence-electron chi connectivity index (χ2n) is 5.52. The lowest BCUT2D eigenvalue weighted by atomic mass is 10.1. The Kier molecular flexibility index (Phi) is 5.33. The van der Waals surface area contributed by atoms with E-state index in [2.05, 4.69) is 42.4 Å². The minimum Gasteiger partial charge on any atom is -0.494 e. The number of halogens is 2. The third-order valence-electron chi connectivity index (χ3n) is 3.88. The zero-order valence-electron chi connectivity index (χ0n) is 13.0. The van der Waals surface area contributed by atoms with Crippen molar-refractivity contribution in [2.75, 3.05) is 6.61 Å². The molecule has 0 heterocycles. The number of hydrogen-bond donors (Lipinski definition) is 1. The molecule has 0 unspecified atom stereocenters. The minimum atomic E-state index is -0.464. The van der Waals surface area contributed by atoms with Crippen molar-refractivity contribution in [3.05, 3.63) is 29.8 Å². The van der Waals surface area contributed by atoms with Crippen molar-refractivity contribution >= 4 is 43.5 Å². The van der Waals surface area contributed by atoms with Crippen molar-refractivity contribution in [1.82, 2.24) is 5.43 Å². The van der Waals surface area contributed by atoms with Crippen molar-refractivity contribution in [3.8, 4) is 5.75 Å². The van der Waals surface area contributed by atoms with E-state index in [-0.39, 0.29) is 9.14 Å². The summed E-state index contributed by atoms with van der Waals surface area (Å²) in [5, 5.41) is 4.29. The lowest BCUT2D eigenvalue weighted by Crippen LogP contribution is -2.30. The highest BCUT2D eigenvalue weighted by atomic mass is 79.9. The van der Waals surface area contributed by atoms with E-state index in [0.717, 1.165) is 29.9 Å². The van der Waals surface area contributed by atoms with Crippen LogP contribution in [-0.4, -0.2) is 21.5 Å². The molecule has 1 aliphatic rings. The Hall–Kier alpha value is -0.880. The summed E-state index contributed by atoms with van der Waals surface area (Å²) >= 11 is 6.99. The molecule has 1 aromatic rings. The van der Waals surface area contributed by atoms with E-state index in [4.69, 9.17) is 4.74 Å². The molecule has 1 aliphatic carbocycles. The molecule has 1 saturated carbocycles. The first kappa shape index (κ1) is 17.5. The lowest BCUT2D eigenvalue weighted by Gasteiger charge is -2.11. The number of rotatable bonds is 6. The number of nitrogens with one attached hydrogen (secondary N) is 1. The molecule has 0 spiro atoms. The Balaban J connectivity index is 2.06. The van der Waals surface area contributed by atoms with Gasteiger partial charge in [0.2, 0.25) is 5.91 Å².